The molecule has 2 aromatic heterocycles. The minimum atomic E-state index is -0.409. The van der Waals surface area contributed by atoms with Crippen LogP contribution in [0.5, 0.6) is 5.75 Å². The first kappa shape index (κ1) is 25.6. The van der Waals surface area contributed by atoms with E-state index in [2.05, 4.69) is 15.5 Å². The summed E-state index contributed by atoms with van der Waals surface area (Å²) in [7, 11) is 3.59. The lowest BCUT2D eigenvalue weighted by molar-refractivity contribution is -0.113. The van der Waals surface area contributed by atoms with Crippen LogP contribution < -0.4 is 15.6 Å². The second kappa shape index (κ2) is 10.6. The van der Waals surface area contributed by atoms with Gasteiger partial charge in [-0.2, -0.15) is 0 Å². The molecule has 9 nitrogen and oxygen atoms in total. The van der Waals surface area contributed by atoms with E-state index in [0.29, 0.717) is 27.4 Å². The van der Waals surface area contributed by atoms with Crippen LogP contribution in [-0.4, -0.2) is 35.8 Å². The molecule has 0 aliphatic rings. The highest BCUT2D eigenvalue weighted by atomic mass is 35.5. The van der Waals surface area contributed by atoms with E-state index < -0.39 is 6.10 Å². The summed E-state index contributed by atoms with van der Waals surface area (Å²) >= 11 is 7.47. The predicted octanol–water partition coefficient (Wildman–Crippen LogP) is 4.45. The van der Waals surface area contributed by atoms with Crippen molar-refractivity contribution in [2.45, 2.75) is 32.0 Å². The van der Waals surface area contributed by atoms with Gasteiger partial charge in [0.15, 0.2) is 17.1 Å². The number of amides is 1. The number of carbonyl (C=O) groups excluding carboxylic acids is 1. The number of carbonyl (C=O) groups is 1. The smallest absolute Gasteiger partial charge is 0.295 e. The van der Waals surface area contributed by atoms with Crippen LogP contribution in [-0.2, 0) is 18.9 Å². The molecule has 0 saturated carbocycles. The summed E-state index contributed by atoms with van der Waals surface area (Å²) in [5.74, 6) is 0.913. The summed E-state index contributed by atoms with van der Waals surface area (Å²) in [6, 6.07) is 14.8. The van der Waals surface area contributed by atoms with Gasteiger partial charge in [-0.15, -0.1) is 10.2 Å². The normalized spacial score (nSPS) is 11.9. The first-order valence-corrected chi connectivity index (χ1v) is 12.6. The van der Waals surface area contributed by atoms with E-state index in [9.17, 15) is 9.59 Å². The van der Waals surface area contributed by atoms with Gasteiger partial charge in [0.25, 0.3) is 5.56 Å². The second-order valence-electron chi connectivity index (χ2n) is 8.37. The summed E-state index contributed by atoms with van der Waals surface area (Å²) in [4.78, 5) is 25.7. The van der Waals surface area contributed by atoms with Gasteiger partial charge >= 0.3 is 0 Å². The Morgan fingerprint density at radius 2 is 1.86 bits per heavy atom. The predicted molar refractivity (Wildman–Crippen MR) is 141 cm³/mol. The van der Waals surface area contributed by atoms with Crippen LogP contribution in [0.1, 0.15) is 30.1 Å². The molecule has 4 aromatic rings. The van der Waals surface area contributed by atoms with Crippen LogP contribution in [0.25, 0.3) is 5.69 Å². The van der Waals surface area contributed by atoms with Gasteiger partial charge in [0, 0.05) is 14.1 Å². The fourth-order valence-corrected chi connectivity index (χ4v) is 4.65. The van der Waals surface area contributed by atoms with E-state index in [1.165, 1.54) is 16.4 Å². The van der Waals surface area contributed by atoms with Crippen LogP contribution in [0, 0.1) is 13.8 Å². The molecule has 0 aliphatic heterocycles. The van der Waals surface area contributed by atoms with Gasteiger partial charge in [0.05, 0.1) is 22.2 Å². The lowest BCUT2D eigenvalue weighted by atomic mass is 10.2. The number of benzene rings is 2. The molecule has 1 N–H and O–H groups in total. The molecule has 0 spiro atoms. The van der Waals surface area contributed by atoms with Crippen LogP contribution in [0.4, 0.5) is 5.69 Å². The minimum Gasteiger partial charge on any atom is -0.481 e. The summed E-state index contributed by atoms with van der Waals surface area (Å²) in [5, 5.41) is 12.3. The molecule has 0 bridgehead atoms. The van der Waals surface area contributed by atoms with Crippen LogP contribution in [0.2, 0.25) is 5.02 Å². The molecule has 4 rings (SSSR count). The van der Waals surface area contributed by atoms with Gasteiger partial charge in [-0.05, 0) is 50.6 Å². The maximum atomic E-state index is 13.0. The van der Waals surface area contributed by atoms with Crippen molar-refractivity contribution in [1.29, 1.82) is 0 Å². The third-order valence-electron chi connectivity index (χ3n) is 5.77. The van der Waals surface area contributed by atoms with Crippen molar-refractivity contribution in [2.75, 3.05) is 11.1 Å². The van der Waals surface area contributed by atoms with Crippen LogP contribution in [0.3, 0.4) is 0 Å². The molecule has 0 saturated heterocycles. The molecule has 2 heterocycles. The Balaban J connectivity index is 1.43. The second-order valence-corrected chi connectivity index (χ2v) is 9.72. The first-order valence-electron chi connectivity index (χ1n) is 11.3. The summed E-state index contributed by atoms with van der Waals surface area (Å²) in [5.41, 5.74) is 2.37. The fraction of sp³-hybridized carbons (Fsp3) is 0.280. The molecule has 36 heavy (non-hydrogen) atoms. The molecule has 1 unspecified atom stereocenters. The summed E-state index contributed by atoms with van der Waals surface area (Å²) < 4.78 is 11.0. The number of hydrogen-bond donors (Lipinski definition) is 1. The van der Waals surface area contributed by atoms with Crippen molar-refractivity contribution in [3.63, 3.8) is 0 Å². The quantitative estimate of drug-likeness (QED) is 0.341. The topological polar surface area (TPSA) is 96.0 Å². The highest BCUT2D eigenvalue weighted by Crippen LogP contribution is 2.30. The fourth-order valence-electron chi connectivity index (χ4n) is 3.77. The van der Waals surface area contributed by atoms with Gasteiger partial charge in [-0.1, -0.05) is 47.6 Å². The maximum Gasteiger partial charge on any atom is 0.295 e. The van der Waals surface area contributed by atoms with E-state index in [1.54, 1.807) is 29.3 Å². The number of ether oxygens (including phenoxy) is 1. The van der Waals surface area contributed by atoms with E-state index in [-0.39, 0.29) is 22.9 Å². The number of hydrogen-bond acceptors (Lipinski definition) is 6. The molecule has 11 heteroatoms. The SMILES string of the molecule is Cc1ccc(Cl)c(OC(C)c2nnc(SCC(=O)Nc3c(C)n(C)n(-c4ccccc4)c3=O)n2C)c1. The number of nitrogens with zero attached hydrogens (tertiary/aromatic N) is 5. The Hall–Kier alpha value is -3.50. The van der Waals surface area contributed by atoms with Gasteiger partial charge in [0.2, 0.25) is 5.91 Å². The Morgan fingerprint density at radius 1 is 1.14 bits per heavy atom. The third-order valence-corrected chi connectivity index (χ3v) is 7.11. The molecule has 1 amide bonds. The van der Waals surface area contributed by atoms with E-state index in [4.69, 9.17) is 16.3 Å². The average Bonchev–Trinajstić information content (AvgIpc) is 3.32. The van der Waals surface area contributed by atoms with Crippen molar-refractivity contribution in [1.82, 2.24) is 24.1 Å². The Bertz CT molecular complexity index is 1460. The Morgan fingerprint density at radius 3 is 2.58 bits per heavy atom. The number of halogens is 1. The van der Waals surface area contributed by atoms with Crippen LogP contribution in [0.15, 0.2) is 58.5 Å². The molecule has 0 radical (unpaired) electrons. The van der Waals surface area contributed by atoms with Gasteiger partial charge < -0.3 is 14.6 Å². The summed E-state index contributed by atoms with van der Waals surface area (Å²) in [6.07, 6.45) is -0.409. The van der Waals surface area contributed by atoms with E-state index in [1.807, 2.05) is 63.4 Å². The molecular formula is C25H27ClN6O3S. The van der Waals surface area contributed by atoms with Crippen molar-refractivity contribution in [2.24, 2.45) is 14.1 Å². The molecule has 188 valence electrons. The number of thioether (sulfide) groups is 1. The molecular weight excluding hydrogens is 500 g/mol. The summed E-state index contributed by atoms with van der Waals surface area (Å²) in [6.45, 7) is 5.62. The zero-order valence-electron chi connectivity index (χ0n) is 20.7. The number of nitrogens with one attached hydrogen (secondary N) is 1. The molecule has 2 aromatic carbocycles. The van der Waals surface area contributed by atoms with Crippen molar-refractivity contribution < 1.29 is 9.53 Å². The number of aromatic nitrogens is 5. The molecule has 1 atom stereocenters. The minimum absolute atomic E-state index is 0.0596. The highest BCUT2D eigenvalue weighted by Gasteiger charge is 2.21. The number of aryl methyl sites for hydroxylation is 1. The largest absolute Gasteiger partial charge is 0.481 e. The Kier molecular flexibility index (Phi) is 7.56. The van der Waals surface area contributed by atoms with Crippen molar-refractivity contribution in [3.8, 4) is 11.4 Å². The molecule has 0 aliphatic carbocycles. The van der Waals surface area contributed by atoms with Gasteiger partial charge in [0.1, 0.15) is 11.4 Å². The van der Waals surface area contributed by atoms with E-state index in [0.717, 1.165) is 11.3 Å². The standard InChI is InChI=1S/C25H27ClN6O3S/c1-15-11-12-19(26)20(13-15)35-17(3)23-28-29-25(30(23)4)36-14-21(33)27-22-16(2)31(5)32(24(22)34)18-9-7-6-8-10-18/h6-13,17H,14H2,1-5H3,(H,27,33). The first-order chi connectivity index (χ1) is 17.2. The number of anilines is 1. The van der Waals surface area contributed by atoms with Gasteiger partial charge in [-0.3, -0.25) is 14.3 Å². The maximum absolute atomic E-state index is 13.0. The Labute approximate surface area is 218 Å². The number of para-hydroxylation sites is 1. The van der Waals surface area contributed by atoms with Crippen molar-refractivity contribution in [3.05, 3.63) is 81.0 Å². The third kappa shape index (κ3) is 5.19. The lowest BCUT2D eigenvalue weighted by Crippen LogP contribution is -2.23. The highest BCUT2D eigenvalue weighted by molar-refractivity contribution is 7.99. The number of rotatable bonds is 8. The van der Waals surface area contributed by atoms with Crippen molar-refractivity contribution >= 4 is 35.0 Å². The van der Waals surface area contributed by atoms with Gasteiger partial charge in [-0.25, -0.2) is 4.68 Å². The monoisotopic (exact) mass is 526 g/mol. The lowest BCUT2D eigenvalue weighted by Gasteiger charge is -2.15. The van der Waals surface area contributed by atoms with E-state index >= 15 is 0 Å². The van der Waals surface area contributed by atoms with Crippen LogP contribution >= 0.6 is 23.4 Å². The average molecular weight is 527 g/mol. The zero-order valence-corrected chi connectivity index (χ0v) is 22.2. The molecule has 0 fully saturated rings. The zero-order chi connectivity index (χ0) is 26.0.